The summed E-state index contributed by atoms with van der Waals surface area (Å²) < 4.78 is 6.03. The molecular weight excluding hydrogens is 294 g/mol. The van der Waals surface area contributed by atoms with Crippen molar-refractivity contribution < 1.29 is 9.53 Å². The number of rotatable bonds is 5. The van der Waals surface area contributed by atoms with Crippen molar-refractivity contribution in [1.29, 1.82) is 0 Å². The zero-order valence-electron chi connectivity index (χ0n) is 13.6. The molecule has 0 atom stereocenters. The number of carbonyl (C=O) groups excluding carboxylic acids is 1. The van der Waals surface area contributed by atoms with Gasteiger partial charge in [0.2, 0.25) is 0 Å². The number of benzene rings is 1. The lowest BCUT2D eigenvalue weighted by atomic mass is 10.1. The lowest BCUT2D eigenvalue weighted by molar-refractivity contribution is 0.0597. The summed E-state index contributed by atoms with van der Waals surface area (Å²) in [6, 6.07) is 9.01. The Morgan fingerprint density at radius 3 is 2.48 bits per heavy atom. The number of methoxy groups -OCH3 is 1. The molecule has 0 fully saturated rings. The smallest absolute Gasteiger partial charge is 0.343 e. The summed E-state index contributed by atoms with van der Waals surface area (Å²) in [5.74, 6) is -0.435. The quantitative estimate of drug-likeness (QED) is 0.850. The molecule has 0 aliphatic carbocycles. The molecule has 1 aromatic carbocycles. The van der Waals surface area contributed by atoms with Gasteiger partial charge < -0.3 is 10.5 Å². The van der Waals surface area contributed by atoms with Gasteiger partial charge in [-0.25, -0.2) is 9.48 Å². The van der Waals surface area contributed by atoms with Crippen LogP contribution in [0.25, 0.3) is 11.3 Å². The number of esters is 1. The molecule has 0 amide bonds. The van der Waals surface area contributed by atoms with Crippen molar-refractivity contribution in [3.8, 4) is 11.3 Å². The van der Waals surface area contributed by atoms with E-state index in [0.717, 1.165) is 11.1 Å². The largest absolute Gasteiger partial charge is 0.465 e. The van der Waals surface area contributed by atoms with Crippen molar-refractivity contribution in [3.63, 3.8) is 0 Å². The highest BCUT2D eigenvalue weighted by atomic mass is 16.5. The maximum absolute atomic E-state index is 12.4. The third-order valence-electron chi connectivity index (χ3n) is 3.40. The second-order valence-electron chi connectivity index (χ2n) is 5.72. The zero-order chi connectivity index (χ0) is 17.0. The van der Waals surface area contributed by atoms with E-state index in [9.17, 15) is 9.59 Å². The van der Waals surface area contributed by atoms with Gasteiger partial charge in [-0.15, -0.1) is 0 Å². The van der Waals surface area contributed by atoms with Crippen molar-refractivity contribution in [3.05, 3.63) is 51.8 Å². The van der Waals surface area contributed by atoms with Gasteiger partial charge in [0.1, 0.15) is 5.56 Å². The molecule has 1 aromatic heterocycles. The van der Waals surface area contributed by atoms with Crippen molar-refractivity contribution in [2.75, 3.05) is 7.11 Å². The molecule has 0 unspecified atom stereocenters. The Labute approximate surface area is 134 Å². The minimum atomic E-state index is -0.658. The van der Waals surface area contributed by atoms with Crippen molar-refractivity contribution in [2.45, 2.75) is 26.9 Å². The van der Waals surface area contributed by atoms with Gasteiger partial charge in [-0.05, 0) is 17.5 Å². The van der Waals surface area contributed by atoms with E-state index in [2.05, 4.69) is 5.10 Å². The van der Waals surface area contributed by atoms with E-state index in [-0.39, 0.29) is 11.5 Å². The maximum atomic E-state index is 12.4. The normalized spacial score (nSPS) is 10.8. The van der Waals surface area contributed by atoms with Crippen LogP contribution in [0.3, 0.4) is 0 Å². The standard InChI is InChI=1S/C17H21N3O3/c1-11(2)10-20-16(21)14(17(22)23-3)8-15(19-20)13-6-4-12(9-18)5-7-13/h4-8,11H,9-10,18H2,1-3H3. The molecule has 1 heterocycles. The number of nitrogens with two attached hydrogens (primary N) is 1. The van der Waals surface area contributed by atoms with Crippen LogP contribution < -0.4 is 11.3 Å². The van der Waals surface area contributed by atoms with Gasteiger partial charge in [0.25, 0.3) is 5.56 Å². The molecule has 2 rings (SSSR count). The summed E-state index contributed by atoms with van der Waals surface area (Å²) >= 11 is 0. The van der Waals surface area contributed by atoms with Crippen LogP contribution in [-0.4, -0.2) is 22.9 Å². The fourth-order valence-corrected chi connectivity index (χ4v) is 2.22. The minimum absolute atomic E-state index is 0.0129. The van der Waals surface area contributed by atoms with E-state index in [1.54, 1.807) is 0 Å². The Balaban J connectivity index is 2.57. The van der Waals surface area contributed by atoms with Crippen LogP contribution >= 0.6 is 0 Å². The molecule has 0 saturated carbocycles. The second-order valence-corrected chi connectivity index (χ2v) is 5.72. The SMILES string of the molecule is COC(=O)c1cc(-c2ccc(CN)cc2)nn(CC(C)C)c1=O. The highest BCUT2D eigenvalue weighted by molar-refractivity contribution is 5.90. The number of nitrogens with zero attached hydrogens (tertiary/aromatic N) is 2. The molecule has 2 N–H and O–H groups in total. The van der Waals surface area contributed by atoms with Gasteiger partial charge in [0.15, 0.2) is 0 Å². The number of aromatic nitrogens is 2. The van der Waals surface area contributed by atoms with Crippen molar-refractivity contribution >= 4 is 5.97 Å². The molecule has 2 aromatic rings. The molecular formula is C17H21N3O3. The first-order chi connectivity index (χ1) is 11.0. The summed E-state index contributed by atoms with van der Waals surface area (Å²) in [6.45, 7) is 4.84. The van der Waals surface area contributed by atoms with E-state index in [1.165, 1.54) is 17.9 Å². The lowest BCUT2D eigenvalue weighted by Gasteiger charge is -2.12. The van der Waals surface area contributed by atoms with Gasteiger partial charge in [-0.2, -0.15) is 5.10 Å². The van der Waals surface area contributed by atoms with E-state index < -0.39 is 11.5 Å². The number of hydrogen-bond acceptors (Lipinski definition) is 5. The van der Waals surface area contributed by atoms with Crippen LogP contribution in [-0.2, 0) is 17.8 Å². The molecule has 6 heteroatoms. The van der Waals surface area contributed by atoms with Crippen molar-refractivity contribution in [2.24, 2.45) is 11.7 Å². The lowest BCUT2D eigenvalue weighted by Crippen LogP contribution is -2.30. The predicted octanol–water partition coefficient (Wildman–Crippen LogP) is 1.81. The van der Waals surface area contributed by atoms with Crippen LogP contribution in [0, 0.1) is 5.92 Å². The Morgan fingerprint density at radius 1 is 1.30 bits per heavy atom. The van der Waals surface area contributed by atoms with Crippen LogP contribution in [0.5, 0.6) is 0 Å². The van der Waals surface area contributed by atoms with Crippen LogP contribution in [0.15, 0.2) is 35.1 Å². The third-order valence-corrected chi connectivity index (χ3v) is 3.40. The number of ether oxygens (including phenoxy) is 1. The molecule has 6 nitrogen and oxygen atoms in total. The predicted molar refractivity (Wildman–Crippen MR) is 88.0 cm³/mol. The molecule has 0 aliphatic rings. The van der Waals surface area contributed by atoms with E-state index >= 15 is 0 Å². The first-order valence-electron chi connectivity index (χ1n) is 7.46. The molecule has 0 radical (unpaired) electrons. The molecule has 0 bridgehead atoms. The fraction of sp³-hybridized carbons (Fsp3) is 0.353. The van der Waals surface area contributed by atoms with Gasteiger partial charge in [0, 0.05) is 18.7 Å². The maximum Gasteiger partial charge on any atom is 0.343 e. The monoisotopic (exact) mass is 315 g/mol. The Kier molecular flexibility index (Phi) is 5.28. The highest BCUT2D eigenvalue weighted by Gasteiger charge is 2.17. The van der Waals surface area contributed by atoms with E-state index in [0.29, 0.717) is 18.8 Å². The summed E-state index contributed by atoms with van der Waals surface area (Å²) in [6.07, 6.45) is 0. The Morgan fingerprint density at radius 2 is 1.96 bits per heavy atom. The fourth-order valence-electron chi connectivity index (χ4n) is 2.22. The average Bonchev–Trinajstić information content (AvgIpc) is 2.55. The summed E-state index contributed by atoms with van der Waals surface area (Å²) in [5, 5.41) is 4.38. The van der Waals surface area contributed by atoms with Crippen LogP contribution in [0.4, 0.5) is 0 Å². The number of carbonyl (C=O) groups is 1. The second kappa shape index (κ2) is 7.19. The Bertz CT molecular complexity index is 749. The topological polar surface area (TPSA) is 87.2 Å². The van der Waals surface area contributed by atoms with Gasteiger partial charge in [-0.3, -0.25) is 4.79 Å². The van der Waals surface area contributed by atoms with E-state index in [4.69, 9.17) is 10.5 Å². The molecule has 0 spiro atoms. The van der Waals surface area contributed by atoms with Crippen LogP contribution in [0.1, 0.15) is 29.8 Å². The van der Waals surface area contributed by atoms with Gasteiger partial charge in [0.05, 0.1) is 12.8 Å². The molecule has 0 aliphatic heterocycles. The van der Waals surface area contributed by atoms with Gasteiger partial charge in [-0.1, -0.05) is 38.1 Å². The first kappa shape index (κ1) is 16.9. The summed E-state index contributed by atoms with van der Waals surface area (Å²) in [5.41, 5.74) is 7.50. The summed E-state index contributed by atoms with van der Waals surface area (Å²) in [7, 11) is 1.25. The van der Waals surface area contributed by atoms with E-state index in [1.807, 2.05) is 38.1 Å². The Hall–Kier alpha value is -2.47. The minimum Gasteiger partial charge on any atom is -0.465 e. The van der Waals surface area contributed by atoms with Gasteiger partial charge >= 0.3 is 5.97 Å². The third kappa shape index (κ3) is 3.84. The highest BCUT2D eigenvalue weighted by Crippen LogP contribution is 2.18. The molecule has 122 valence electrons. The molecule has 0 saturated heterocycles. The number of hydrogen-bond donors (Lipinski definition) is 1. The zero-order valence-corrected chi connectivity index (χ0v) is 13.6. The average molecular weight is 315 g/mol. The summed E-state index contributed by atoms with van der Waals surface area (Å²) in [4.78, 5) is 24.2. The first-order valence-corrected chi connectivity index (χ1v) is 7.46. The van der Waals surface area contributed by atoms with Crippen molar-refractivity contribution in [1.82, 2.24) is 9.78 Å². The molecule has 23 heavy (non-hydrogen) atoms. The van der Waals surface area contributed by atoms with Crippen LogP contribution in [0.2, 0.25) is 0 Å².